The molecule has 1 saturated heterocycles. The molecule has 6 N–H and O–H groups in total. The Morgan fingerprint density at radius 3 is 2.83 bits per heavy atom. The van der Waals surface area contributed by atoms with Gasteiger partial charge in [-0.15, -0.1) is 0 Å². The van der Waals surface area contributed by atoms with Crippen LogP contribution in [-0.2, 0) is 0 Å². The summed E-state index contributed by atoms with van der Waals surface area (Å²) >= 11 is 0. The van der Waals surface area contributed by atoms with Crippen molar-refractivity contribution in [3.05, 3.63) is 54.4 Å². The van der Waals surface area contributed by atoms with Gasteiger partial charge in [0.15, 0.2) is 0 Å². The Bertz CT molecular complexity index is 856. The number of rotatable bonds is 8. The number of nitrogen functional groups attached to an aromatic ring is 1. The van der Waals surface area contributed by atoms with E-state index < -0.39 is 0 Å². The Labute approximate surface area is 173 Å². The highest BCUT2D eigenvalue weighted by molar-refractivity contribution is 5.86. The lowest BCUT2D eigenvalue weighted by atomic mass is 9.93. The van der Waals surface area contributed by atoms with Gasteiger partial charge in [-0.1, -0.05) is 24.8 Å². The third-order valence-corrected chi connectivity index (χ3v) is 5.37. The summed E-state index contributed by atoms with van der Waals surface area (Å²) in [4.78, 5) is 9.01. The van der Waals surface area contributed by atoms with E-state index in [9.17, 15) is 0 Å². The van der Waals surface area contributed by atoms with Gasteiger partial charge in [0.25, 0.3) is 0 Å². The summed E-state index contributed by atoms with van der Waals surface area (Å²) < 4.78 is 0. The molecule has 0 aromatic heterocycles. The molecule has 0 unspecified atom stereocenters. The summed E-state index contributed by atoms with van der Waals surface area (Å²) in [5, 5.41) is 6.77. The standard InChI is InChI=1S/C23H32N6/c1-3-18(14-27-16(2)12-17-8-10-26-11-9-17)19-4-6-21(24)22(13-19)28-15-20-5-7-23(25)29-20/h3-6,13-14,17,26,28H,1,7-12,15,24H2,2H3,(H2,25,29)/b18-14+,27-16+. The van der Waals surface area contributed by atoms with Crippen molar-refractivity contribution in [2.45, 2.75) is 32.6 Å². The van der Waals surface area contributed by atoms with Crippen molar-refractivity contribution in [3.63, 3.8) is 0 Å². The third-order valence-electron chi connectivity index (χ3n) is 5.37. The first-order chi connectivity index (χ1) is 14.0. The van der Waals surface area contributed by atoms with Crippen LogP contribution in [0.5, 0.6) is 0 Å². The molecular weight excluding hydrogens is 360 g/mol. The molecule has 2 aliphatic rings. The van der Waals surface area contributed by atoms with Crippen LogP contribution in [0.3, 0.4) is 0 Å². The Balaban J connectivity index is 1.68. The van der Waals surface area contributed by atoms with Crippen LogP contribution in [0.4, 0.5) is 11.4 Å². The Morgan fingerprint density at radius 2 is 2.14 bits per heavy atom. The van der Waals surface area contributed by atoms with Gasteiger partial charge in [-0.2, -0.15) is 0 Å². The second-order valence-corrected chi connectivity index (χ2v) is 7.71. The fourth-order valence-electron chi connectivity index (χ4n) is 3.67. The van der Waals surface area contributed by atoms with Gasteiger partial charge in [0.1, 0.15) is 5.84 Å². The highest BCUT2D eigenvalue weighted by atomic mass is 15.0. The smallest absolute Gasteiger partial charge is 0.103 e. The van der Waals surface area contributed by atoms with Crippen LogP contribution in [0.1, 0.15) is 38.2 Å². The lowest BCUT2D eigenvalue weighted by Crippen LogP contribution is -2.28. The molecule has 0 saturated carbocycles. The van der Waals surface area contributed by atoms with Crippen molar-refractivity contribution in [2.24, 2.45) is 21.6 Å². The minimum Gasteiger partial charge on any atom is -0.397 e. The van der Waals surface area contributed by atoms with E-state index >= 15 is 0 Å². The molecule has 2 aliphatic heterocycles. The molecule has 1 aromatic rings. The van der Waals surface area contributed by atoms with Crippen LogP contribution < -0.4 is 22.1 Å². The lowest BCUT2D eigenvalue weighted by Gasteiger charge is -2.22. The van der Waals surface area contributed by atoms with Gasteiger partial charge < -0.3 is 22.1 Å². The van der Waals surface area contributed by atoms with Gasteiger partial charge in [0, 0.05) is 18.3 Å². The van der Waals surface area contributed by atoms with E-state index in [2.05, 4.69) is 29.1 Å². The molecule has 0 bridgehead atoms. The molecule has 154 valence electrons. The molecular formula is C23H32N6. The number of nitrogens with one attached hydrogen (secondary N) is 2. The van der Waals surface area contributed by atoms with E-state index in [-0.39, 0.29) is 0 Å². The zero-order valence-electron chi connectivity index (χ0n) is 17.2. The number of hydrogen-bond acceptors (Lipinski definition) is 6. The van der Waals surface area contributed by atoms with Crippen molar-refractivity contribution < 1.29 is 0 Å². The SMILES string of the molecule is C=C/C(=C\N=C(/C)CC1CCNCC1)c1ccc(N)c(NCC2=CCC(N)=N2)c1. The minimum atomic E-state index is 0.592. The summed E-state index contributed by atoms with van der Waals surface area (Å²) in [7, 11) is 0. The highest BCUT2D eigenvalue weighted by Gasteiger charge is 2.13. The Hall–Kier alpha value is -2.86. The molecule has 0 atom stereocenters. The lowest BCUT2D eigenvalue weighted by molar-refractivity contribution is 0.384. The fourth-order valence-corrected chi connectivity index (χ4v) is 3.67. The number of aliphatic imine (C=N–C) groups is 2. The van der Waals surface area contributed by atoms with Crippen molar-refractivity contribution in [1.29, 1.82) is 0 Å². The average Bonchev–Trinajstić information content (AvgIpc) is 3.14. The van der Waals surface area contributed by atoms with Crippen LogP contribution in [0.2, 0.25) is 0 Å². The van der Waals surface area contributed by atoms with Crippen LogP contribution in [0.15, 0.2) is 58.8 Å². The van der Waals surface area contributed by atoms with Gasteiger partial charge in [-0.05, 0) is 68.5 Å². The van der Waals surface area contributed by atoms with E-state index in [1.807, 2.05) is 36.6 Å². The van der Waals surface area contributed by atoms with Gasteiger partial charge in [-0.3, -0.25) is 4.99 Å². The monoisotopic (exact) mass is 392 g/mol. The maximum absolute atomic E-state index is 6.15. The van der Waals surface area contributed by atoms with Crippen molar-refractivity contribution >= 4 is 28.5 Å². The van der Waals surface area contributed by atoms with Gasteiger partial charge in [0.05, 0.1) is 23.6 Å². The maximum Gasteiger partial charge on any atom is 0.103 e. The summed E-state index contributed by atoms with van der Waals surface area (Å²) in [6.45, 7) is 8.89. The second kappa shape index (κ2) is 10.1. The predicted octanol–water partition coefficient (Wildman–Crippen LogP) is 3.70. The zero-order chi connectivity index (χ0) is 20.6. The van der Waals surface area contributed by atoms with Crippen LogP contribution in [0.25, 0.3) is 5.57 Å². The molecule has 0 spiro atoms. The number of nitrogens with zero attached hydrogens (tertiary/aromatic N) is 2. The van der Waals surface area contributed by atoms with E-state index in [1.165, 1.54) is 12.8 Å². The molecule has 6 nitrogen and oxygen atoms in total. The quantitative estimate of drug-likeness (QED) is 0.308. The van der Waals surface area contributed by atoms with E-state index in [4.69, 9.17) is 16.5 Å². The van der Waals surface area contributed by atoms with E-state index in [0.29, 0.717) is 24.5 Å². The first kappa shape index (κ1) is 20.9. The number of anilines is 2. The molecule has 3 rings (SSSR count). The second-order valence-electron chi connectivity index (χ2n) is 7.71. The number of piperidine rings is 1. The van der Waals surface area contributed by atoms with Crippen molar-refractivity contribution in [3.8, 4) is 0 Å². The normalized spacial score (nSPS) is 18.4. The molecule has 2 heterocycles. The minimum absolute atomic E-state index is 0.592. The molecule has 0 radical (unpaired) electrons. The maximum atomic E-state index is 6.15. The number of hydrogen-bond donors (Lipinski definition) is 4. The Kier molecular flexibility index (Phi) is 7.25. The first-order valence-corrected chi connectivity index (χ1v) is 10.3. The van der Waals surface area contributed by atoms with Gasteiger partial charge in [-0.25, -0.2) is 4.99 Å². The third kappa shape index (κ3) is 6.06. The molecule has 0 aliphatic carbocycles. The van der Waals surface area contributed by atoms with E-state index in [1.54, 1.807) is 0 Å². The molecule has 1 aromatic carbocycles. The molecule has 1 fully saturated rings. The van der Waals surface area contributed by atoms with Crippen LogP contribution in [0, 0.1) is 5.92 Å². The largest absolute Gasteiger partial charge is 0.397 e. The van der Waals surface area contributed by atoms with Crippen molar-refractivity contribution in [1.82, 2.24) is 5.32 Å². The van der Waals surface area contributed by atoms with Crippen LogP contribution >= 0.6 is 0 Å². The summed E-state index contributed by atoms with van der Waals surface area (Å²) in [6.07, 6.45) is 9.98. The van der Waals surface area contributed by atoms with E-state index in [0.717, 1.165) is 53.7 Å². The fraction of sp³-hybridized carbons (Fsp3) is 0.391. The average molecular weight is 393 g/mol. The van der Waals surface area contributed by atoms with Gasteiger partial charge >= 0.3 is 0 Å². The molecule has 29 heavy (non-hydrogen) atoms. The summed E-state index contributed by atoms with van der Waals surface area (Å²) in [6, 6.07) is 5.93. The predicted molar refractivity (Wildman–Crippen MR) is 125 cm³/mol. The van der Waals surface area contributed by atoms with Crippen molar-refractivity contribution in [2.75, 3.05) is 30.7 Å². The highest BCUT2D eigenvalue weighted by Crippen LogP contribution is 2.26. The topological polar surface area (TPSA) is 101 Å². The first-order valence-electron chi connectivity index (χ1n) is 10.3. The Morgan fingerprint density at radius 1 is 1.34 bits per heavy atom. The molecule has 0 amide bonds. The van der Waals surface area contributed by atoms with Gasteiger partial charge in [0.2, 0.25) is 0 Å². The number of nitrogens with two attached hydrogens (primary N) is 2. The number of amidine groups is 1. The zero-order valence-corrected chi connectivity index (χ0v) is 17.2. The summed E-state index contributed by atoms with van der Waals surface area (Å²) in [5.41, 5.74) is 17.5. The molecule has 6 heteroatoms. The number of allylic oxidation sites excluding steroid dienone is 2. The number of benzene rings is 1. The summed E-state index contributed by atoms with van der Waals surface area (Å²) in [5.74, 6) is 1.38. The van der Waals surface area contributed by atoms with Crippen LogP contribution in [-0.4, -0.2) is 31.2 Å².